The van der Waals surface area contributed by atoms with Crippen molar-refractivity contribution >= 4 is 23.1 Å². The van der Waals surface area contributed by atoms with Crippen LogP contribution in [-0.2, 0) is 12.3 Å². The largest absolute Gasteiger partial charge is 0.298 e. The van der Waals surface area contributed by atoms with E-state index in [1.54, 1.807) is 23.1 Å². The summed E-state index contributed by atoms with van der Waals surface area (Å²) in [5.41, 5.74) is 3.70. The molecule has 5 heteroatoms. The van der Waals surface area contributed by atoms with E-state index in [4.69, 9.17) is 0 Å². The van der Waals surface area contributed by atoms with Gasteiger partial charge in [0.05, 0.1) is 0 Å². The lowest BCUT2D eigenvalue weighted by molar-refractivity contribution is 0.731. The molecular formula is C18H19N3S2. The Kier molecular flexibility index (Phi) is 4.98. The fourth-order valence-electron chi connectivity index (χ4n) is 2.30. The molecular weight excluding hydrogens is 322 g/mol. The molecule has 23 heavy (non-hydrogen) atoms. The second-order valence-corrected chi connectivity index (χ2v) is 7.48. The van der Waals surface area contributed by atoms with E-state index in [0.29, 0.717) is 6.54 Å². The standard InChI is InChI=1S/C18H19N3S2/c1-4-9-21-17(16-10-14(3)22-12-16)19-20-18(21)23-11-15-7-5-13(2)6-8-15/h4-8,10,12H,1,9,11H2,2-3H3. The predicted molar refractivity (Wildman–Crippen MR) is 99.0 cm³/mol. The molecule has 0 N–H and O–H groups in total. The number of benzene rings is 1. The number of aromatic nitrogens is 3. The molecule has 2 heterocycles. The van der Waals surface area contributed by atoms with Crippen LogP contribution in [-0.4, -0.2) is 14.8 Å². The van der Waals surface area contributed by atoms with Crippen LogP contribution in [0, 0.1) is 13.8 Å². The van der Waals surface area contributed by atoms with Gasteiger partial charge in [-0.2, -0.15) is 0 Å². The molecule has 0 fully saturated rings. The number of thiophene rings is 1. The van der Waals surface area contributed by atoms with E-state index in [0.717, 1.165) is 22.3 Å². The molecule has 0 aliphatic rings. The molecule has 0 aliphatic heterocycles. The fourth-order valence-corrected chi connectivity index (χ4v) is 3.88. The van der Waals surface area contributed by atoms with Crippen LogP contribution < -0.4 is 0 Å². The van der Waals surface area contributed by atoms with Gasteiger partial charge in [-0.15, -0.1) is 28.1 Å². The van der Waals surface area contributed by atoms with Crippen LogP contribution in [0.1, 0.15) is 16.0 Å². The number of thioether (sulfide) groups is 1. The van der Waals surface area contributed by atoms with Gasteiger partial charge in [-0.3, -0.25) is 4.57 Å². The van der Waals surface area contributed by atoms with E-state index in [1.165, 1.54) is 16.0 Å². The van der Waals surface area contributed by atoms with Crippen LogP contribution in [0.15, 0.2) is 53.5 Å². The van der Waals surface area contributed by atoms with Gasteiger partial charge < -0.3 is 0 Å². The zero-order chi connectivity index (χ0) is 16.2. The number of nitrogens with zero attached hydrogens (tertiary/aromatic N) is 3. The SMILES string of the molecule is C=CCn1c(SCc2ccc(C)cc2)nnc1-c1csc(C)c1. The Bertz CT molecular complexity index is 800. The van der Waals surface area contributed by atoms with Crippen molar-refractivity contribution in [3.63, 3.8) is 0 Å². The van der Waals surface area contributed by atoms with Crippen molar-refractivity contribution in [1.82, 2.24) is 14.8 Å². The van der Waals surface area contributed by atoms with E-state index in [1.807, 2.05) is 6.08 Å². The van der Waals surface area contributed by atoms with Crippen molar-refractivity contribution in [1.29, 1.82) is 0 Å². The Balaban J connectivity index is 1.82. The lowest BCUT2D eigenvalue weighted by Crippen LogP contribution is -2.00. The van der Waals surface area contributed by atoms with Crippen molar-refractivity contribution in [2.24, 2.45) is 0 Å². The summed E-state index contributed by atoms with van der Waals surface area (Å²) >= 11 is 3.45. The number of aryl methyl sites for hydroxylation is 2. The third-order valence-corrected chi connectivity index (χ3v) is 5.41. The maximum Gasteiger partial charge on any atom is 0.192 e. The molecule has 118 valence electrons. The summed E-state index contributed by atoms with van der Waals surface area (Å²) < 4.78 is 2.13. The average molecular weight is 342 g/mol. The first-order valence-electron chi connectivity index (χ1n) is 7.45. The molecule has 0 saturated carbocycles. The van der Waals surface area contributed by atoms with Gasteiger partial charge in [0.15, 0.2) is 11.0 Å². The summed E-state index contributed by atoms with van der Waals surface area (Å²) in [6, 6.07) is 10.8. The maximum absolute atomic E-state index is 4.40. The van der Waals surface area contributed by atoms with Gasteiger partial charge in [-0.1, -0.05) is 47.7 Å². The van der Waals surface area contributed by atoms with E-state index >= 15 is 0 Å². The predicted octanol–water partition coefficient (Wildman–Crippen LogP) is 5.10. The summed E-state index contributed by atoms with van der Waals surface area (Å²) in [4.78, 5) is 1.28. The second-order valence-electron chi connectivity index (χ2n) is 5.43. The van der Waals surface area contributed by atoms with E-state index in [9.17, 15) is 0 Å². The summed E-state index contributed by atoms with van der Waals surface area (Å²) in [6.07, 6.45) is 1.89. The van der Waals surface area contributed by atoms with Crippen LogP contribution in [0.5, 0.6) is 0 Å². The molecule has 3 aromatic rings. The van der Waals surface area contributed by atoms with Crippen LogP contribution in [0.2, 0.25) is 0 Å². The third kappa shape index (κ3) is 3.74. The lowest BCUT2D eigenvalue weighted by atomic mass is 10.2. The maximum atomic E-state index is 4.40. The van der Waals surface area contributed by atoms with Crippen molar-refractivity contribution < 1.29 is 0 Å². The zero-order valence-corrected chi connectivity index (χ0v) is 15.0. The van der Waals surface area contributed by atoms with Gasteiger partial charge >= 0.3 is 0 Å². The summed E-state index contributed by atoms with van der Waals surface area (Å²) in [5, 5.41) is 11.8. The van der Waals surface area contributed by atoms with E-state index in [2.05, 4.69) is 70.9 Å². The monoisotopic (exact) mass is 341 g/mol. The summed E-state index contributed by atoms with van der Waals surface area (Å²) in [6.45, 7) is 8.79. The molecule has 3 rings (SSSR count). The number of allylic oxidation sites excluding steroid dienone is 1. The first-order chi connectivity index (χ1) is 11.2. The van der Waals surface area contributed by atoms with Gasteiger partial charge in [0.25, 0.3) is 0 Å². The van der Waals surface area contributed by atoms with Gasteiger partial charge in [-0.25, -0.2) is 0 Å². The zero-order valence-electron chi connectivity index (χ0n) is 13.3. The van der Waals surface area contributed by atoms with Crippen LogP contribution in [0.25, 0.3) is 11.4 Å². The molecule has 3 nitrogen and oxygen atoms in total. The van der Waals surface area contributed by atoms with E-state index in [-0.39, 0.29) is 0 Å². The molecule has 0 bridgehead atoms. The molecule has 0 radical (unpaired) electrons. The first-order valence-corrected chi connectivity index (χ1v) is 9.32. The van der Waals surface area contributed by atoms with Gasteiger partial charge in [0.2, 0.25) is 0 Å². The van der Waals surface area contributed by atoms with Crippen LogP contribution >= 0.6 is 23.1 Å². The number of rotatable bonds is 6. The molecule has 0 spiro atoms. The minimum absolute atomic E-state index is 0.716. The Hall–Kier alpha value is -1.85. The minimum Gasteiger partial charge on any atom is -0.298 e. The van der Waals surface area contributed by atoms with Crippen molar-refractivity contribution in [2.75, 3.05) is 0 Å². The molecule has 0 saturated heterocycles. The Morgan fingerprint density at radius 3 is 2.65 bits per heavy atom. The smallest absolute Gasteiger partial charge is 0.192 e. The highest BCUT2D eigenvalue weighted by atomic mass is 32.2. The van der Waals surface area contributed by atoms with Gasteiger partial charge in [0.1, 0.15) is 0 Å². The highest BCUT2D eigenvalue weighted by Gasteiger charge is 2.14. The molecule has 0 aliphatic carbocycles. The Morgan fingerprint density at radius 2 is 2.00 bits per heavy atom. The van der Waals surface area contributed by atoms with Gasteiger partial charge in [-0.05, 0) is 25.5 Å². The van der Waals surface area contributed by atoms with Crippen LogP contribution in [0.4, 0.5) is 0 Å². The Morgan fingerprint density at radius 1 is 1.22 bits per heavy atom. The Labute approximate surface area is 145 Å². The number of hydrogen-bond donors (Lipinski definition) is 0. The molecule has 0 atom stereocenters. The first kappa shape index (κ1) is 16.0. The fraction of sp³-hybridized carbons (Fsp3) is 0.222. The molecule has 0 unspecified atom stereocenters. The third-order valence-electron chi connectivity index (χ3n) is 3.51. The summed E-state index contributed by atoms with van der Waals surface area (Å²) in [5.74, 6) is 1.80. The highest BCUT2D eigenvalue weighted by Crippen LogP contribution is 2.29. The average Bonchev–Trinajstić information content (AvgIpc) is 3.14. The minimum atomic E-state index is 0.716. The van der Waals surface area contributed by atoms with Crippen molar-refractivity contribution in [3.8, 4) is 11.4 Å². The van der Waals surface area contributed by atoms with Crippen LogP contribution in [0.3, 0.4) is 0 Å². The highest BCUT2D eigenvalue weighted by molar-refractivity contribution is 7.98. The van der Waals surface area contributed by atoms with Crippen molar-refractivity contribution in [3.05, 3.63) is 64.4 Å². The van der Waals surface area contributed by atoms with Gasteiger partial charge in [0, 0.05) is 28.1 Å². The number of hydrogen-bond acceptors (Lipinski definition) is 4. The summed E-state index contributed by atoms with van der Waals surface area (Å²) in [7, 11) is 0. The van der Waals surface area contributed by atoms with Crippen molar-refractivity contribution in [2.45, 2.75) is 31.3 Å². The normalized spacial score (nSPS) is 10.9. The topological polar surface area (TPSA) is 30.7 Å². The van der Waals surface area contributed by atoms with E-state index < -0.39 is 0 Å². The second kappa shape index (κ2) is 7.15. The lowest BCUT2D eigenvalue weighted by Gasteiger charge is -2.07. The quantitative estimate of drug-likeness (QED) is 0.461. The molecule has 0 amide bonds. The molecule has 2 aromatic heterocycles. The molecule has 1 aromatic carbocycles.